The van der Waals surface area contributed by atoms with Crippen LogP contribution in [0.3, 0.4) is 0 Å². The molecule has 0 atom stereocenters. The van der Waals surface area contributed by atoms with Gasteiger partial charge in [-0.25, -0.2) is 9.37 Å². The summed E-state index contributed by atoms with van der Waals surface area (Å²) in [5.41, 5.74) is 4.34. The van der Waals surface area contributed by atoms with Gasteiger partial charge >= 0.3 is 0 Å². The van der Waals surface area contributed by atoms with E-state index in [1.165, 1.54) is 24.2 Å². The lowest BCUT2D eigenvalue weighted by Crippen LogP contribution is -2.24. The first kappa shape index (κ1) is 21.8. The first-order chi connectivity index (χ1) is 15.4. The molecule has 0 saturated heterocycles. The molecule has 32 heavy (non-hydrogen) atoms. The predicted octanol–water partition coefficient (Wildman–Crippen LogP) is 3.93. The summed E-state index contributed by atoms with van der Waals surface area (Å²) in [4.78, 5) is 16.3. The minimum atomic E-state index is -0.374. The second-order valence-electron chi connectivity index (χ2n) is 7.48. The fourth-order valence-corrected chi connectivity index (χ4v) is 4.15. The fraction of sp³-hybridized carbons (Fsp3) is 0.217. The molecule has 2 aromatic carbocycles. The van der Waals surface area contributed by atoms with E-state index in [-0.39, 0.29) is 24.0 Å². The summed E-state index contributed by atoms with van der Waals surface area (Å²) >= 11 is 1.32. The molecule has 9 heteroatoms. The van der Waals surface area contributed by atoms with Gasteiger partial charge in [0.25, 0.3) is 0 Å². The summed E-state index contributed by atoms with van der Waals surface area (Å²) in [6.07, 6.45) is 4.80. The van der Waals surface area contributed by atoms with Gasteiger partial charge < -0.3 is 9.88 Å². The Morgan fingerprint density at radius 1 is 1.09 bits per heavy atom. The third kappa shape index (κ3) is 4.72. The third-order valence-electron chi connectivity index (χ3n) is 5.02. The molecule has 0 spiro atoms. The van der Waals surface area contributed by atoms with Crippen molar-refractivity contribution < 1.29 is 9.18 Å². The van der Waals surface area contributed by atoms with Crippen LogP contribution in [0.4, 0.5) is 4.39 Å². The maximum Gasteiger partial charge on any atom is 0.230 e. The van der Waals surface area contributed by atoms with Gasteiger partial charge in [0.2, 0.25) is 5.91 Å². The Morgan fingerprint density at radius 3 is 2.69 bits per heavy atom. The van der Waals surface area contributed by atoms with E-state index in [0.29, 0.717) is 16.4 Å². The summed E-state index contributed by atoms with van der Waals surface area (Å²) in [6.45, 7) is 6.20. The van der Waals surface area contributed by atoms with Crippen LogP contribution >= 0.6 is 11.8 Å². The number of aryl methyl sites for hydroxylation is 3. The number of hydrogen-bond donors (Lipinski definition) is 1. The maximum atomic E-state index is 14.4. The Morgan fingerprint density at radius 2 is 1.94 bits per heavy atom. The first-order valence-corrected chi connectivity index (χ1v) is 11.1. The Labute approximate surface area is 189 Å². The highest BCUT2D eigenvalue weighted by atomic mass is 32.2. The predicted molar refractivity (Wildman–Crippen MR) is 122 cm³/mol. The molecule has 164 valence electrons. The monoisotopic (exact) mass is 450 g/mol. The summed E-state index contributed by atoms with van der Waals surface area (Å²) in [5, 5.41) is 11.9. The molecule has 4 rings (SSSR count). The standard InChI is InChI=1S/C23H23FN6OS/c1-15-4-5-16(2)21(10-15)30-17(3)27-28-23(30)32-13-22(31)26-12-18-6-7-20(19(24)11-18)29-9-8-25-14-29/h4-11,14H,12-13H2,1-3H3,(H,26,31). The van der Waals surface area contributed by atoms with Gasteiger partial charge in [-0.2, -0.15) is 0 Å². The number of aromatic nitrogens is 5. The van der Waals surface area contributed by atoms with E-state index < -0.39 is 0 Å². The van der Waals surface area contributed by atoms with Crippen molar-refractivity contribution in [2.24, 2.45) is 0 Å². The van der Waals surface area contributed by atoms with Gasteiger partial charge in [-0.05, 0) is 55.7 Å². The largest absolute Gasteiger partial charge is 0.351 e. The minimum Gasteiger partial charge on any atom is -0.351 e. The second kappa shape index (κ2) is 9.35. The molecule has 0 unspecified atom stereocenters. The molecule has 0 aliphatic heterocycles. The number of amides is 1. The van der Waals surface area contributed by atoms with Crippen molar-refractivity contribution in [3.05, 3.63) is 83.5 Å². The zero-order chi connectivity index (χ0) is 22.7. The number of imidazole rings is 1. The van der Waals surface area contributed by atoms with Crippen molar-refractivity contribution in [1.82, 2.24) is 29.6 Å². The van der Waals surface area contributed by atoms with Crippen molar-refractivity contribution in [3.63, 3.8) is 0 Å². The lowest BCUT2D eigenvalue weighted by atomic mass is 10.1. The van der Waals surface area contributed by atoms with Crippen LogP contribution in [-0.4, -0.2) is 36.0 Å². The molecule has 1 amide bonds. The van der Waals surface area contributed by atoms with E-state index in [9.17, 15) is 9.18 Å². The van der Waals surface area contributed by atoms with Gasteiger partial charge in [-0.1, -0.05) is 30.0 Å². The Hall–Kier alpha value is -3.46. The highest BCUT2D eigenvalue weighted by molar-refractivity contribution is 7.99. The summed E-state index contributed by atoms with van der Waals surface area (Å²) < 4.78 is 18.0. The molecule has 0 fully saturated rings. The highest BCUT2D eigenvalue weighted by Gasteiger charge is 2.15. The van der Waals surface area contributed by atoms with Crippen LogP contribution in [0, 0.1) is 26.6 Å². The van der Waals surface area contributed by atoms with Crippen LogP contribution in [0.25, 0.3) is 11.4 Å². The molecule has 4 aromatic rings. The number of hydrogen-bond acceptors (Lipinski definition) is 5. The lowest BCUT2D eigenvalue weighted by Gasteiger charge is -2.12. The van der Waals surface area contributed by atoms with Crippen molar-refractivity contribution >= 4 is 17.7 Å². The normalized spacial score (nSPS) is 11.0. The molecule has 0 aliphatic carbocycles. The average Bonchev–Trinajstić information content (AvgIpc) is 3.42. The zero-order valence-corrected chi connectivity index (χ0v) is 18.9. The summed E-state index contributed by atoms with van der Waals surface area (Å²) in [5.74, 6) is 0.400. The SMILES string of the molecule is Cc1ccc(C)c(-n2c(C)nnc2SCC(=O)NCc2ccc(-n3ccnc3)c(F)c2)c1. The van der Waals surface area contributed by atoms with Crippen LogP contribution in [-0.2, 0) is 11.3 Å². The van der Waals surface area contributed by atoms with Gasteiger partial charge in [-0.3, -0.25) is 9.36 Å². The highest BCUT2D eigenvalue weighted by Crippen LogP contribution is 2.25. The molecule has 0 aliphatic rings. The lowest BCUT2D eigenvalue weighted by molar-refractivity contribution is -0.118. The Bertz CT molecular complexity index is 1250. The van der Waals surface area contributed by atoms with Crippen LogP contribution in [0.2, 0.25) is 0 Å². The topological polar surface area (TPSA) is 77.6 Å². The van der Waals surface area contributed by atoms with Gasteiger partial charge in [0, 0.05) is 18.9 Å². The number of nitrogens with one attached hydrogen (secondary N) is 1. The first-order valence-electron chi connectivity index (χ1n) is 10.1. The molecule has 1 N–H and O–H groups in total. The maximum absolute atomic E-state index is 14.4. The van der Waals surface area contributed by atoms with E-state index in [4.69, 9.17) is 0 Å². The zero-order valence-electron chi connectivity index (χ0n) is 18.0. The number of benzene rings is 2. The van der Waals surface area contributed by atoms with Crippen LogP contribution in [0.15, 0.2) is 60.3 Å². The number of halogens is 1. The van der Waals surface area contributed by atoms with E-state index in [1.807, 2.05) is 25.3 Å². The van der Waals surface area contributed by atoms with Gasteiger partial charge in [0.15, 0.2) is 5.16 Å². The van der Waals surface area contributed by atoms with Crippen LogP contribution < -0.4 is 5.32 Å². The van der Waals surface area contributed by atoms with Crippen LogP contribution in [0.5, 0.6) is 0 Å². The van der Waals surface area contributed by atoms with Crippen molar-refractivity contribution in [1.29, 1.82) is 0 Å². The van der Waals surface area contributed by atoms with Crippen molar-refractivity contribution in [3.8, 4) is 11.4 Å². The number of rotatable bonds is 7. The van der Waals surface area contributed by atoms with Gasteiger partial charge in [0.1, 0.15) is 11.6 Å². The number of nitrogens with zero attached hydrogens (tertiary/aromatic N) is 5. The van der Waals surface area contributed by atoms with E-state index in [2.05, 4.69) is 38.7 Å². The average molecular weight is 451 g/mol. The number of carbonyl (C=O) groups is 1. The molecule has 0 radical (unpaired) electrons. The summed E-state index contributed by atoms with van der Waals surface area (Å²) in [7, 11) is 0. The second-order valence-corrected chi connectivity index (χ2v) is 8.42. The molecule has 2 heterocycles. The summed E-state index contributed by atoms with van der Waals surface area (Å²) in [6, 6.07) is 11.1. The molecular formula is C23H23FN6OS. The van der Waals surface area contributed by atoms with Gasteiger partial charge in [-0.15, -0.1) is 10.2 Å². The third-order valence-corrected chi connectivity index (χ3v) is 5.95. The smallest absolute Gasteiger partial charge is 0.230 e. The van der Waals surface area contributed by atoms with E-state index in [1.54, 1.807) is 29.1 Å². The minimum absolute atomic E-state index is 0.165. The number of thioether (sulfide) groups is 1. The van der Waals surface area contributed by atoms with Crippen molar-refractivity contribution in [2.75, 3.05) is 5.75 Å². The van der Waals surface area contributed by atoms with Crippen molar-refractivity contribution in [2.45, 2.75) is 32.5 Å². The Balaban J connectivity index is 1.38. The van der Waals surface area contributed by atoms with E-state index >= 15 is 0 Å². The quantitative estimate of drug-likeness (QED) is 0.432. The molecule has 2 aromatic heterocycles. The molecular weight excluding hydrogens is 427 g/mol. The molecule has 7 nitrogen and oxygen atoms in total. The Kier molecular flexibility index (Phi) is 6.36. The number of carbonyl (C=O) groups excluding carboxylic acids is 1. The fourth-order valence-electron chi connectivity index (χ4n) is 3.33. The van der Waals surface area contributed by atoms with Gasteiger partial charge in [0.05, 0.1) is 23.5 Å². The van der Waals surface area contributed by atoms with E-state index in [0.717, 1.165) is 22.6 Å². The van der Waals surface area contributed by atoms with Crippen LogP contribution in [0.1, 0.15) is 22.5 Å². The molecule has 0 bridgehead atoms. The molecule has 0 saturated carbocycles.